The van der Waals surface area contributed by atoms with E-state index in [1.165, 1.54) is 11.1 Å². The molecule has 0 bridgehead atoms. The fraction of sp³-hybridized carbons (Fsp3) is 0.250. The molecule has 0 aliphatic rings. The lowest BCUT2D eigenvalue weighted by molar-refractivity contribution is -0.137. The Morgan fingerprint density at radius 2 is 2.05 bits per heavy atom. The molecule has 2 aromatic rings. The quantitative estimate of drug-likeness (QED) is 0.826. The van der Waals surface area contributed by atoms with Gasteiger partial charge >= 0.3 is 5.97 Å². The van der Waals surface area contributed by atoms with Crippen LogP contribution in [0.3, 0.4) is 0 Å². The molecule has 0 aliphatic heterocycles. The summed E-state index contributed by atoms with van der Waals surface area (Å²) in [4.78, 5) is 28.0. The summed E-state index contributed by atoms with van der Waals surface area (Å²) in [5.41, 5.74) is 1.05. The van der Waals surface area contributed by atoms with Crippen molar-refractivity contribution in [1.82, 2.24) is 24.9 Å². The number of hydrogen-bond acceptors (Lipinski definition) is 5. The van der Waals surface area contributed by atoms with Crippen LogP contribution in [0.25, 0.3) is 0 Å². The Morgan fingerprint density at radius 3 is 2.70 bits per heavy atom. The van der Waals surface area contributed by atoms with Crippen molar-refractivity contribution in [2.24, 2.45) is 0 Å². The molecule has 2 rings (SSSR count). The van der Waals surface area contributed by atoms with E-state index in [9.17, 15) is 9.59 Å². The van der Waals surface area contributed by atoms with Crippen molar-refractivity contribution >= 4 is 11.9 Å². The second kappa shape index (κ2) is 5.91. The van der Waals surface area contributed by atoms with Crippen molar-refractivity contribution in [3.8, 4) is 0 Å². The van der Waals surface area contributed by atoms with E-state index in [0.29, 0.717) is 6.54 Å². The summed E-state index contributed by atoms with van der Waals surface area (Å²) < 4.78 is 1.11. The van der Waals surface area contributed by atoms with Gasteiger partial charge in [0, 0.05) is 26.0 Å². The monoisotopic (exact) mass is 275 g/mol. The average Bonchev–Trinajstić information content (AvgIpc) is 2.86. The van der Waals surface area contributed by atoms with E-state index >= 15 is 0 Å². The third-order valence-electron chi connectivity index (χ3n) is 2.57. The minimum absolute atomic E-state index is 0.114. The van der Waals surface area contributed by atoms with Gasteiger partial charge in [0.2, 0.25) is 0 Å². The van der Waals surface area contributed by atoms with Crippen LogP contribution in [0.5, 0.6) is 0 Å². The molecule has 0 spiro atoms. The fourth-order valence-corrected chi connectivity index (χ4v) is 1.64. The van der Waals surface area contributed by atoms with Crippen molar-refractivity contribution < 1.29 is 14.7 Å². The first-order valence-corrected chi connectivity index (χ1v) is 5.82. The highest BCUT2D eigenvalue weighted by Gasteiger charge is 2.16. The number of carbonyl (C=O) groups is 2. The molecule has 0 radical (unpaired) electrons. The summed E-state index contributed by atoms with van der Waals surface area (Å²) in [7, 11) is 1.64. The van der Waals surface area contributed by atoms with E-state index in [1.54, 1.807) is 19.4 Å². The topological polar surface area (TPSA) is 101 Å². The van der Waals surface area contributed by atoms with Gasteiger partial charge in [0.15, 0.2) is 5.69 Å². The van der Waals surface area contributed by atoms with Crippen LogP contribution >= 0.6 is 0 Å². The van der Waals surface area contributed by atoms with E-state index in [2.05, 4.69) is 15.3 Å². The maximum absolute atomic E-state index is 12.1. The van der Waals surface area contributed by atoms with Crippen LogP contribution in [0.4, 0.5) is 0 Å². The highest BCUT2D eigenvalue weighted by molar-refractivity contribution is 5.91. The second-order valence-corrected chi connectivity index (χ2v) is 4.21. The van der Waals surface area contributed by atoms with Gasteiger partial charge in [-0.15, -0.1) is 5.10 Å². The van der Waals surface area contributed by atoms with Crippen LogP contribution in [-0.4, -0.2) is 48.9 Å². The average molecular weight is 275 g/mol. The third kappa shape index (κ3) is 3.37. The number of pyridine rings is 1. The Balaban J connectivity index is 2.03. The standard InChI is InChI=1S/C12H13N5O3/c1-16(6-9-2-4-13-5-3-9)12(20)10-7-17(15-14-10)8-11(18)19/h2-5,7H,6,8H2,1H3,(H,18,19). The summed E-state index contributed by atoms with van der Waals surface area (Å²) in [5.74, 6) is -1.36. The van der Waals surface area contributed by atoms with Gasteiger partial charge in [-0.25, -0.2) is 4.68 Å². The van der Waals surface area contributed by atoms with Gasteiger partial charge in [-0.1, -0.05) is 5.21 Å². The zero-order valence-electron chi connectivity index (χ0n) is 10.8. The lowest BCUT2D eigenvalue weighted by Gasteiger charge is -2.15. The van der Waals surface area contributed by atoms with Crippen molar-refractivity contribution in [2.75, 3.05) is 7.05 Å². The zero-order valence-corrected chi connectivity index (χ0v) is 10.8. The van der Waals surface area contributed by atoms with Gasteiger partial charge in [0.25, 0.3) is 5.91 Å². The molecule has 0 saturated heterocycles. The molecular weight excluding hydrogens is 262 g/mol. The lowest BCUT2D eigenvalue weighted by atomic mass is 10.2. The first-order chi connectivity index (χ1) is 9.56. The van der Waals surface area contributed by atoms with Crippen LogP contribution in [0.15, 0.2) is 30.7 Å². The Bertz CT molecular complexity index is 611. The molecule has 2 heterocycles. The van der Waals surface area contributed by atoms with E-state index in [0.717, 1.165) is 10.2 Å². The third-order valence-corrected chi connectivity index (χ3v) is 2.57. The van der Waals surface area contributed by atoms with Crippen molar-refractivity contribution in [2.45, 2.75) is 13.1 Å². The predicted octanol–water partition coefficient (Wildman–Crippen LogP) is 0.0299. The Hall–Kier alpha value is -2.77. The Labute approximate surface area is 114 Å². The SMILES string of the molecule is CN(Cc1ccncc1)C(=O)c1cn(CC(=O)O)nn1. The van der Waals surface area contributed by atoms with Gasteiger partial charge in [0.05, 0.1) is 6.20 Å². The van der Waals surface area contributed by atoms with Gasteiger partial charge in [-0.2, -0.15) is 0 Å². The molecular formula is C12H13N5O3. The van der Waals surface area contributed by atoms with E-state index in [1.807, 2.05) is 12.1 Å². The number of carboxylic acids is 1. The van der Waals surface area contributed by atoms with Crippen LogP contribution in [0.2, 0.25) is 0 Å². The van der Waals surface area contributed by atoms with E-state index in [-0.39, 0.29) is 18.1 Å². The molecule has 1 amide bonds. The van der Waals surface area contributed by atoms with Gasteiger partial charge < -0.3 is 10.0 Å². The number of carboxylic acid groups (broad SMARTS) is 1. The Morgan fingerprint density at radius 1 is 1.35 bits per heavy atom. The number of aromatic nitrogens is 4. The summed E-state index contributed by atoms with van der Waals surface area (Å²) in [6.07, 6.45) is 4.62. The predicted molar refractivity (Wildman–Crippen MR) is 67.7 cm³/mol. The van der Waals surface area contributed by atoms with E-state index in [4.69, 9.17) is 5.11 Å². The zero-order chi connectivity index (χ0) is 14.5. The highest BCUT2D eigenvalue weighted by atomic mass is 16.4. The van der Waals surface area contributed by atoms with Crippen molar-refractivity contribution in [3.63, 3.8) is 0 Å². The van der Waals surface area contributed by atoms with E-state index < -0.39 is 5.97 Å². The first kappa shape index (κ1) is 13.7. The minimum atomic E-state index is -1.04. The number of nitrogens with zero attached hydrogens (tertiary/aromatic N) is 5. The summed E-state index contributed by atoms with van der Waals surface area (Å²) in [6, 6.07) is 3.62. The van der Waals surface area contributed by atoms with Crippen molar-refractivity contribution in [3.05, 3.63) is 42.0 Å². The van der Waals surface area contributed by atoms with Crippen LogP contribution in [0, 0.1) is 0 Å². The smallest absolute Gasteiger partial charge is 0.325 e. The van der Waals surface area contributed by atoms with Gasteiger partial charge in [-0.05, 0) is 17.7 Å². The van der Waals surface area contributed by atoms with Crippen LogP contribution in [-0.2, 0) is 17.9 Å². The van der Waals surface area contributed by atoms with Crippen LogP contribution < -0.4 is 0 Å². The molecule has 0 aromatic carbocycles. The molecule has 1 N–H and O–H groups in total. The molecule has 104 valence electrons. The maximum Gasteiger partial charge on any atom is 0.325 e. The first-order valence-electron chi connectivity index (χ1n) is 5.82. The number of hydrogen-bond donors (Lipinski definition) is 1. The number of carbonyl (C=O) groups excluding carboxylic acids is 1. The van der Waals surface area contributed by atoms with Crippen LogP contribution in [0.1, 0.15) is 16.1 Å². The molecule has 0 aliphatic carbocycles. The Kier molecular flexibility index (Phi) is 4.04. The molecule has 8 nitrogen and oxygen atoms in total. The maximum atomic E-state index is 12.1. The molecule has 0 unspecified atom stereocenters. The number of amides is 1. The molecule has 0 saturated carbocycles. The lowest BCUT2D eigenvalue weighted by Crippen LogP contribution is -2.26. The van der Waals surface area contributed by atoms with Gasteiger partial charge in [-0.3, -0.25) is 14.6 Å². The molecule has 20 heavy (non-hydrogen) atoms. The highest BCUT2D eigenvalue weighted by Crippen LogP contribution is 2.05. The molecule has 8 heteroatoms. The number of aliphatic carboxylic acids is 1. The fourth-order valence-electron chi connectivity index (χ4n) is 1.64. The largest absolute Gasteiger partial charge is 0.480 e. The second-order valence-electron chi connectivity index (χ2n) is 4.21. The molecule has 2 aromatic heterocycles. The summed E-state index contributed by atoms with van der Waals surface area (Å²) in [5, 5.41) is 15.9. The van der Waals surface area contributed by atoms with Gasteiger partial charge in [0.1, 0.15) is 6.54 Å². The minimum Gasteiger partial charge on any atom is -0.480 e. The molecule has 0 fully saturated rings. The normalized spacial score (nSPS) is 10.2. The molecule has 0 atom stereocenters. The summed E-state index contributed by atoms with van der Waals surface area (Å²) >= 11 is 0. The summed E-state index contributed by atoms with van der Waals surface area (Å²) in [6.45, 7) is 0.0848. The van der Waals surface area contributed by atoms with Crippen molar-refractivity contribution in [1.29, 1.82) is 0 Å². The number of rotatable bonds is 5.